The number of carbonyl (C=O) groups excluding carboxylic acids is 3. The smallest absolute Gasteiger partial charge is 0.427 e. The number of halogens is 3. The predicted octanol–water partition coefficient (Wildman–Crippen LogP) is 2.77. The van der Waals surface area contributed by atoms with E-state index in [2.05, 4.69) is 9.47 Å². The molecule has 0 saturated heterocycles. The topological polar surface area (TPSA) is 81.7 Å². The highest BCUT2D eigenvalue weighted by Crippen LogP contribution is 2.44. The van der Waals surface area contributed by atoms with Crippen molar-refractivity contribution in [3.63, 3.8) is 0 Å². The van der Waals surface area contributed by atoms with Crippen LogP contribution in [-0.4, -0.2) is 36.7 Å². The number of nitrogens with one attached hydrogen (secondary N) is 1. The molecular weight excluding hydrogens is 355 g/mol. The Hall–Kier alpha value is -2.06. The second-order valence-electron chi connectivity index (χ2n) is 6.65. The van der Waals surface area contributed by atoms with Gasteiger partial charge < -0.3 is 14.8 Å². The van der Waals surface area contributed by atoms with Crippen LogP contribution < -0.4 is 5.32 Å². The SMILES string of the molecule is COC(=O)C1=C(C)OC(=O)[C@@]1(NC(=O)CCC1CCCCC1)C(F)(F)F. The number of ether oxygens (including phenoxy) is 2. The molecule has 1 N–H and O–H groups in total. The number of amides is 1. The summed E-state index contributed by atoms with van der Waals surface area (Å²) in [4.78, 5) is 36.1. The van der Waals surface area contributed by atoms with Crippen molar-refractivity contribution in [2.24, 2.45) is 5.92 Å². The molecule has 9 heteroatoms. The Kier molecular flexibility index (Phi) is 5.98. The van der Waals surface area contributed by atoms with Crippen molar-refractivity contribution in [2.45, 2.75) is 63.6 Å². The molecule has 1 amide bonds. The van der Waals surface area contributed by atoms with Crippen LogP contribution in [0.15, 0.2) is 11.3 Å². The van der Waals surface area contributed by atoms with Crippen molar-refractivity contribution in [2.75, 3.05) is 7.11 Å². The van der Waals surface area contributed by atoms with E-state index in [4.69, 9.17) is 0 Å². The Bertz CT molecular complexity index is 622. The Morgan fingerprint density at radius 1 is 1.27 bits per heavy atom. The monoisotopic (exact) mass is 377 g/mol. The zero-order valence-corrected chi connectivity index (χ0v) is 14.7. The molecule has 2 rings (SSSR count). The molecule has 0 spiro atoms. The molecule has 146 valence electrons. The molecule has 6 nitrogen and oxygen atoms in total. The summed E-state index contributed by atoms with van der Waals surface area (Å²) in [6, 6.07) is 0. The van der Waals surface area contributed by atoms with Gasteiger partial charge in [-0.1, -0.05) is 32.1 Å². The third-order valence-electron chi connectivity index (χ3n) is 4.93. The summed E-state index contributed by atoms with van der Waals surface area (Å²) in [5.41, 5.74) is -4.57. The average molecular weight is 377 g/mol. The van der Waals surface area contributed by atoms with E-state index in [0.717, 1.165) is 46.1 Å². The number of alkyl halides is 3. The van der Waals surface area contributed by atoms with E-state index in [1.54, 1.807) is 5.32 Å². The standard InChI is InChI=1S/C17H22F3NO5/c1-10-13(14(23)25-2)16(15(24)26-10,17(18,19)20)21-12(22)9-8-11-6-4-3-5-7-11/h11H,3-9H2,1-2H3,(H,21,22)/t16-/m1/s1. The van der Waals surface area contributed by atoms with E-state index >= 15 is 0 Å². The molecular formula is C17H22F3NO5. The second-order valence-corrected chi connectivity index (χ2v) is 6.65. The van der Waals surface area contributed by atoms with Gasteiger partial charge in [-0.15, -0.1) is 0 Å². The van der Waals surface area contributed by atoms with Crippen LogP contribution in [0.25, 0.3) is 0 Å². The van der Waals surface area contributed by atoms with Crippen LogP contribution >= 0.6 is 0 Å². The van der Waals surface area contributed by atoms with Gasteiger partial charge in [0.15, 0.2) is 0 Å². The van der Waals surface area contributed by atoms with Crippen molar-refractivity contribution < 1.29 is 37.0 Å². The zero-order valence-electron chi connectivity index (χ0n) is 14.7. The molecule has 0 bridgehead atoms. The van der Waals surface area contributed by atoms with E-state index in [1.165, 1.54) is 0 Å². The first-order chi connectivity index (χ1) is 12.1. The molecule has 1 aliphatic heterocycles. The maximum atomic E-state index is 13.8. The molecule has 1 atom stereocenters. The van der Waals surface area contributed by atoms with Gasteiger partial charge in [-0.2, -0.15) is 13.2 Å². The first kappa shape index (κ1) is 20.3. The Morgan fingerprint density at radius 3 is 2.42 bits per heavy atom. The summed E-state index contributed by atoms with van der Waals surface area (Å²) in [6.45, 7) is 1.05. The lowest BCUT2D eigenvalue weighted by Crippen LogP contribution is -2.64. The third-order valence-corrected chi connectivity index (χ3v) is 4.93. The lowest BCUT2D eigenvalue weighted by molar-refractivity contribution is -0.200. The minimum absolute atomic E-state index is 0.163. The number of hydrogen-bond donors (Lipinski definition) is 1. The van der Waals surface area contributed by atoms with Crippen LogP contribution in [0.4, 0.5) is 13.2 Å². The predicted molar refractivity (Wildman–Crippen MR) is 83.5 cm³/mol. The number of cyclic esters (lactones) is 1. The molecule has 1 heterocycles. The van der Waals surface area contributed by atoms with Crippen LogP contribution in [0.2, 0.25) is 0 Å². The fourth-order valence-electron chi connectivity index (χ4n) is 3.56. The number of carbonyl (C=O) groups is 3. The zero-order chi connectivity index (χ0) is 19.5. The van der Waals surface area contributed by atoms with Gasteiger partial charge >= 0.3 is 18.1 Å². The van der Waals surface area contributed by atoms with E-state index in [0.29, 0.717) is 6.42 Å². The number of methoxy groups -OCH3 is 1. The number of allylic oxidation sites excluding steroid dienone is 1. The van der Waals surface area contributed by atoms with Gasteiger partial charge in [0.1, 0.15) is 11.3 Å². The van der Waals surface area contributed by atoms with Crippen LogP contribution in [0.1, 0.15) is 51.9 Å². The Labute approximate surface area is 149 Å². The summed E-state index contributed by atoms with van der Waals surface area (Å²) in [6.07, 6.45) is 0.0931. The lowest BCUT2D eigenvalue weighted by atomic mass is 9.85. The third kappa shape index (κ3) is 3.71. The van der Waals surface area contributed by atoms with Gasteiger partial charge in [0.05, 0.1) is 7.11 Å². The molecule has 1 saturated carbocycles. The molecule has 26 heavy (non-hydrogen) atoms. The van der Waals surface area contributed by atoms with Crippen molar-refractivity contribution in [3.05, 3.63) is 11.3 Å². The van der Waals surface area contributed by atoms with Crippen LogP contribution in [0.3, 0.4) is 0 Å². The maximum absolute atomic E-state index is 13.8. The minimum atomic E-state index is -5.26. The van der Waals surface area contributed by atoms with E-state index in [1.807, 2.05) is 0 Å². The summed E-state index contributed by atoms with van der Waals surface area (Å²) < 4.78 is 50.3. The van der Waals surface area contributed by atoms with E-state index < -0.39 is 40.9 Å². The second kappa shape index (κ2) is 7.67. The van der Waals surface area contributed by atoms with Crippen molar-refractivity contribution >= 4 is 17.8 Å². The Morgan fingerprint density at radius 2 is 1.88 bits per heavy atom. The van der Waals surface area contributed by atoms with E-state index in [9.17, 15) is 27.6 Å². The van der Waals surface area contributed by atoms with Crippen molar-refractivity contribution in [1.82, 2.24) is 5.32 Å². The molecule has 0 aromatic carbocycles. The highest BCUT2D eigenvalue weighted by atomic mass is 19.4. The van der Waals surface area contributed by atoms with E-state index in [-0.39, 0.29) is 12.3 Å². The fourth-order valence-corrected chi connectivity index (χ4v) is 3.56. The largest absolute Gasteiger partial charge is 0.465 e. The lowest BCUT2D eigenvalue weighted by Gasteiger charge is -2.30. The number of rotatable bonds is 5. The average Bonchev–Trinajstić information content (AvgIpc) is 2.84. The number of hydrogen-bond acceptors (Lipinski definition) is 5. The molecule has 1 fully saturated rings. The number of esters is 2. The van der Waals surface area contributed by atoms with Crippen LogP contribution in [0, 0.1) is 5.92 Å². The quantitative estimate of drug-likeness (QED) is 0.745. The summed E-state index contributed by atoms with van der Waals surface area (Å²) in [7, 11) is 0.886. The molecule has 0 radical (unpaired) electrons. The maximum Gasteiger partial charge on any atom is 0.427 e. The van der Waals surface area contributed by atoms with Gasteiger partial charge in [-0.05, 0) is 19.3 Å². The molecule has 0 unspecified atom stereocenters. The fraction of sp³-hybridized carbons (Fsp3) is 0.706. The highest BCUT2D eigenvalue weighted by molar-refractivity contribution is 6.07. The first-order valence-electron chi connectivity index (χ1n) is 8.53. The van der Waals surface area contributed by atoms with Gasteiger partial charge in [0, 0.05) is 6.42 Å². The highest BCUT2D eigenvalue weighted by Gasteiger charge is 2.70. The van der Waals surface area contributed by atoms with Crippen LogP contribution in [0.5, 0.6) is 0 Å². The normalized spacial score (nSPS) is 24.4. The van der Waals surface area contributed by atoms with Crippen LogP contribution in [-0.2, 0) is 23.9 Å². The summed E-state index contributed by atoms with van der Waals surface area (Å²) in [5.74, 6) is -4.34. The van der Waals surface area contributed by atoms with Gasteiger partial charge in [-0.3, -0.25) is 4.79 Å². The minimum Gasteiger partial charge on any atom is -0.465 e. The van der Waals surface area contributed by atoms with Crippen molar-refractivity contribution in [3.8, 4) is 0 Å². The summed E-state index contributed by atoms with van der Waals surface area (Å²) in [5, 5.41) is 1.72. The van der Waals surface area contributed by atoms with Gasteiger partial charge in [0.2, 0.25) is 5.91 Å². The summed E-state index contributed by atoms with van der Waals surface area (Å²) >= 11 is 0. The first-order valence-corrected chi connectivity index (χ1v) is 8.53. The molecule has 1 aliphatic carbocycles. The van der Waals surface area contributed by atoms with Gasteiger partial charge in [-0.25, -0.2) is 9.59 Å². The van der Waals surface area contributed by atoms with Gasteiger partial charge in [0.25, 0.3) is 5.54 Å². The van der Waals surface area contributed by atoms with Crippen molar-refractivity contribution in [1.29, 1.82) is 0 Å². The molecule has 0 aromatic rings. The molecule has 0 aromatic heterocycles. The molecule has 2 aliphatic rings. The Balaban J connectivity index is 2.22.